The monoisotopic (exact) mass is 554 g/mol. The van der Waals surface area contributed by atoms with Crippen LogP contribution in [0, 0.1) is 0 Å². The third kappa shape index (κ3) is 9.62. The van der Waals surface area contributed by atoms with E-state index in [0.717, 1.165) is 36.8 Å². The number of carbonyl (C=O) groups is 2. The summed E-state index contributed by atoms with van der Waals surface area (Å²) in [7, 11) is 0. The Morgan fingerprint density at radius 3 is 0.925 bits per heavy atom. The van der Waals surface area contributed by atoms with E-state index in [2.05, 4.69) is 13.8 Å². The summed E-state index contributed by atoms with van der Waals surface area (Å²) in [6.07, 6.45) is 30.6. The molecule has 0 aromatic heterocycles. The van der Waals surface area contributed by atoms with Crippen LogP contribution in [0.25, 0.3) is 0 Å². The van der Waals surface area contributed by atoms with Crippen molar-refractivity contribution in [1.82, 2.24) is 0 Å². The Bertz CT molecular complexity index is 858. The number of hydrogen-bond acceptors (Lipinski definition) is 2. The van der Waals surface area contributed by atoms with Gasteiger partial charge in [0, 0.05) is 11.8 Å². The maximum absolute atomic E-state index is 12.2. The van der Waals surface area contributed by atoms with Crippen LogP contribution in [0.3, 0.4) is 0 Å². The molecule has 0 saturated carbocycles. The highest BCUT2D eigenvalue weighted by Gasteiger charge is 2.53. The molecule has 0 amide bonds. The highest BCUT2D eigenvalue weighted by atomic mass is 16.4. The first-order valence-electron chi connectivity index (χ1n) is 17.2. The van der Waals surface area contributed by atoms with Gasteiger partial charge in [-0.3, -0.25) is 0 Å². The number of unbranched alkanes of at least 4 members (excludes halogenated alkanes) is 20. The van der Waals surface area contributed by atoms with E-state index in [1.54, 1.807) is 0 Å². The molecule has 0 heterocycles. The van der Waals surface area contributed by atoms with Crippen LogP contribution in [0.15, 0.2) is 0 Å². The molecular formula is C36H58O4. The van der Waals surface area contributed by atoms with Crippen molar-refractivity contribution in [3.05, 3.63) is 33.4 Å². The van der Waals surface area contributed by atoms with E-state index in [1.807, 2.05) is 0 Å². The summed E-state index contributed by atoms with van der Waals surface area (Å²) in [5.41, 5.74) is 4.37. The van der Waals surface area contributed by atoms with Crippen LogP contribution in [0.1, 0.15) is 223 Å². The van der Waals surface area contributed by atoms with Gasteiger partial charge in [-0.2, -0.15) is 0 Å². The maximum atomic E-state index is 12.2. The molecule has 2 aliphatic rings. The molecule has 2 atom stereocenters. The van der Waals surface area contributed by atoms with Crippen LogP contribution in [-0.4, -0.2) is 22.2 Å². The van der Waals surface area contributed by atoms with E-state index in [4.69, 9.17) is 0 Å². The first-order valence-corrected chi connectivity index (χ1v) is 17.2. The molecule has 40 heavy (non-hydrogen) atoms. The molecule has 0 fully saturated rings. The lowest BCUT2D eigenvalue weighted by molar-refractivity contribution is 0.0651. The topological polar surface area (TPSA) is 74.6 Å². The quantitative estimate of drug-likeness (QED) is 0.112. The Kier molecular flexibility index (Phi) is 14.6. The van der Waals surface area contributed by atoms with Crippen molar-refractivity contribution < 1.29 is 19.8 Å². The fraction of sp³-hybridized carbons (Fsp3) is 0.778. The second kappa shape index (κ2) is 17.9. The van der Waals surface area contributed by atoms with Crippen LogP contribution >= 0.6 is 0 Å². The van der Waals surface area contributed by atoms with Gasteiger partial charge in [-0.25, -0.2) is 9.59 Å². The molecule has 0 saturated heterocycles. The average molecular weight is 555 g/mol. The van der Waals surface area contributed by atoms with Crippen LogP contribution in [0.2, 0.25) is 0 Å². The van der Waals surface area contributed by atoms with Crippen molar-refractivity contribution in [1.29, 1.82) is 0 Å². The van der Waals surface area contributed by atoms with Crippen molar-refractivity contribution in [2.45, 2.75) is 180 Å². The molecule has 1 aromatic carbocycles. The third-order valence-electron chi connectivity index (χ3n) is 9.51. The minimum atomic E-state index is -1.06. The summed E-state index contributed by atoms with van der Waals surface area (Å²) < 4.78 is 0. The molecule has 2 N–H and O–H groups in total. The second-order valence-corrected chi connectivity index (χ2v) is 12.8. The Morgan fingerprint density at radius 1 is 0.425 bits per heavy atom. The summed E-state index contributed by atoms with van der Waals surface area (Å²) in [5.74, 6) is -1.74. The van der Waals surface area contributed by atoms with Crippen LogP contribution in [0.5, 0.6) is 0 Å². The van der Waals surface area contributed by atoms with Gasteiger partial charge in [-0.15, -0.1) is 0 Å². The summed E-state index contributed by atoms with van der Waals surface area (Å²) in [5, 5.41) is 19.9. The number of rotatable bonds is 26. The lowest BCUT2D eigenvalue weighted by atomic mass is 10.0. The van der Waals surface area contributed by atoms with Crippen molar-refractivity contribution in [3.63, 3.8) is 0 Å². The molecule has 1 aromatic rings. The first kappa shape index (κ1) is 32.7. The van der Waals surface area contributed by atoms with Gasteiger partial charge in [0.25, 0.3) is 0 Å². The molecule has 0 radical (unpaired) electrons. The van der Waals surface area contributed by atoms with E-state index in [9.17, 15) is 19.8 Å². The Morgan fingerprint density at radius 2 is 0.675 bits per heavy atom. The highest BCUT2D eigenvalue weighted by molar-refractivity contribution is 6.08. The molecule has 3 rings (SSSR count). The van der Waals surface area contributed by atoms with Gasteiger partial charge in [-0.05, 0) is 35.1 Å². The Hall–Kier alpha value is -1.84. The first-order chi connectivity index (χ1) is 19.5. The molecule has 2 unspecified atom stereocenters. The number of carboxylic acids is 2. The van der Waals surface area contributed by atoms with Crippen LogP contribution in [-0.2, 0) is 0 Å². The fourth-order valence-corrected chi connectivity index (χ4v) is 7.14. The summed E-state index contributed by atoms with van der Waals surface area (Å²) in [6.45, 7) is 4.52. The molecule has 4 heteroatoms. The lowest BCUT2D eigenvalue weighted by Crippen LogP contribution is -2.09. The predicted octanol–water partition coefficient (Wildman–Crippen LogP) is 11.4. The van der Waals surface area contributed by atoms with Crippen molar-refractivity contribution >= 4 is 11.9 Å². The van der Waals surface area contributed by atoms with E-state index in [0.29, 0.717) is 0 Å². The van der Waals surface area contributed by atoms with Crippen molar-refractivity contribution in [2.24, 2.45) is 0 Å². The fourth-order valence-electron chi connectivity index (χ4n) is 7.14. The van der Waals surface area contributed by atoms with E-state index in [-0.39, 0.29) is 23.0 Å². The van der Waals surface area contributed by atoms with Crippen LogP contribution < -0.4 is 0 Å². The van der Waals surface area contributed by atoms with Gasteiger partial charge in [-0.1, -0.05) is 155 Å². The SMILES string of the molecule is CCCCCCCCCCCCCC1c2c(C(=O)O)c(C(=O)O)c3c(c21)C3CCCCCCCCCCCCC. The zero-order valence-corrected chi connectivity index (χ0v) is 25.8. The van der Waals surface area contributed by atoms with E-state index >= 15 is 0 Å². The van der Waals surface area contributed by atoms with Gasteiger partial charge in [0.15, 0.2) is 0 Å². The molecule has 2 aliphatic carbocycles. The molecule has 0 aliphatic heterocycles. The Labute approximate surface area is 244 Å². The number of fused-ring (bicyclic) bond motifs is 3. The lowest BCUT2D eigenvalue weighted by Gasteiger charge is -2.04. The highest BCUT2D eigenvalue weighted by Crippen LogP contribution is 2.64. The zero-order valence-electron chi connectivity index (χ0n) is 25.8. The van der Waals surface area contributed by atoms with Crippen molar-refractivity contribution in [3.8, 4) is 0 Å². The number of carboxylic acid groups (broad SMARTS) is 2. The zero-order chi connectivity index (χ0) is 28.7. The van der Waals surface area contributed by atoms with Gasteiger partial charge in [0.05, 0.1) is 11.1 Å². The molecule has 0 spiro atoms. The molecular weight excluding hydrogens is 496 g/mol. The smallest absolute Gasteiger partial charge is 0.336 e. The van der Waals surface area contributed by atoms with Gasteiger partial charge < -0.3 is 10.2 Å². The summed E-state index contributed by atoms with van der Waals surface area (Å²) in [4.78, 5) is 24.3. The number of hydrogen-bond donors (Lipinski definition) is 2. The van der Waals surface area contributed by atoms with Crippen LogP contribution in [0.4, 0.5) is 0 Å². The maximum Gasteiger partial charge on any atom is 0.336 e. The number of benzene rings is 1. The van der Waals surface area contributed by atoms with Gasteiger partial charge in [0.2, 0.25) is 0 Å². The van der Waals surface area contributed by atoms with Gasteiger partial charge >= 0.3 is 11.9 Å². The molecule has 226 valence electrons. The number of aromatic carboxylic acids is 2. The van der Waals surface area contributed by atoms with E-state index in [1.165, 1.54) is 140 Å². The second-order valence-electron chi connectivity index (χ2n) is 12.8. The van der Waals surface area contributed by atoms with Crippen molar-refractivity contribution in [2.75, 3.05) is 0 Å². The third-order valence-corrected chi connectivity index (χ3v) is 9.51. The predicted molar refractivity (Wildman–Crippen MR) is 166 cm³/mol. The summed E-state index contributed by atoms with van der Waals surface area (Å²) >= 11 is 0. The normalized spacial score (nSPS) is 16.6. The minimum absolute atomic E-state index is 0.107. The largest absolute Gasteiger partial charge is 0.478 e. The molecule has 4 nitrogen and oxygen atoms in total. The van der Waals surface area contributed by atoms with E-state index < -0.39 is 11.9 Å². The summed E-state index contributed by atoms with van der Waals surface area (Å²) in [6, 6.07) is 0. The Balaban J connectivity index is 1.38. The standard InChI is InChI=1S/C36H58O4/c1-3-5-7-9-11-13-15-17-19-21-23-25-27-29-30-28(26-24-22-20-18-16-14-12-10-8-6-4-2)32(30)34(36(39)40)33(31(27)29)35(37)38/h27-28H,3-26H2,1-2H3,(H,37,38)(H,39,40). The molecule has 0 bridgehead atoms. The van der Waals surface area contributed by atoms with Gasteiger partial charge in [0.1, 0.15) is 0 Å². The average Bonchev–Trinajstić information content (AvgIpc) is 3.83. The minimum Gasteiger partial charge on any atom is -0.478 e.